The van der Waals surface area contributed by atoms with E-state index in [0.717, 1.165) is 3.57 Å². The molecule has 0 amide bonds. The second-order valence-corrected chi connectivity index (χ2v) is 5.22. The van der Waals surface area contributed by atoms with Gasteiger partial charge in [0.05, 0.1) is 33.5 Å². The summed E-state index contributed by atoms with van der Waals surface area (Å²) in [6, 6.07) is 0. The lowest BCUT2D eigenvalue weighted by Gasteiger charge is -2.05. The summed E-state index contributed by atoms with van der Waals surface area (Å²) in [5.41, 5.74) is -0.0338. The second kappa shape index (κ2) is 4.44. The van der Waals surface area contributed by atoms with Crippen molar-refractivity contribution in [2.75, 3.05) is 7.11 Å². The average molecular weight is 503 g/mol. The Kier molecular flexibility index (Phi) is 4.08. The molecule has 0 aromatic carbocycles. The van der Waals surface area contributed by atoms with E-state index >= 15 is 0 Å². The molecule has 0 unspecified atom stereocenters. The molecule has 0 spiro atoms. The van der Waals surface area contributed by atoms with Crippen LogP contribution in [0.25, 0.3) is 0 Å². The molecule has 0 bridgehead atoms. The molecule has 3 nitrogen and oxygen atoms in total. The van der Waals surface area contributed by atoms with Gasteiger partial charge in [-0.15, -0.1) is 0 Å². The maximum Gasteiger partial charge on any atom is 0.276 e. The zero-order valence-electron chi connectivity index (χ0n) is 5.97. The lowest BCUT2D eigenvalue weighted by atomic mass is 10.4. The van der Waals surface area contributed by atoms with Crippen molar-refractivity contribution < 1.29 is 4.74 Å². The number of pyridine rings is 1. The number of rotatable bonds is 1. The first-order valence-electron chi connectivity index (χ1n) is 2.88. The second-order valence-electron chi connectivity index (χ2n) is 1.94. The molecule has 0 aliphatic carbocycles. The Balaban J connectivity index is 3.52. The van der Waals surface area contributed by atoms with Crippen LogP contribution in [0.4, 0.5) is 0 Å². The number of methoxy groups -OCH3 is 1. The summed E-state index contributed by atoms with van der Waals surface area (Å²) in [6.07, 6.45) is 1.74. The first kappa shape index (κ1) is 11.0. The van der Waals surface area contributed by atoms with Crippen molar-refractivity contribution in [3.8, 4) is 5.75 Å². The molecule has 0 aliphatic heterocycles. The highest BCUT2D eigenvalue weighted by Gasteiger charge is 2.10. The average Bonchev–Trinajstić information content (AvgIpc) is 2.01. The molecule has 6 heteroatoms. The highest BCUT2D eigenvalue weighted by atomic mass is 127. The Morgan fingerprint density at radius 3 is 2.58 bits per heavy atom. The van der Waals surface area contributed by atoms with Gasteiger partial charge in [-0.05, 0) is 45.2 Å². The van der Waals surface area contributed by atoms with E-state index in [1.807, 2.05) is 45.5 Å². The molecule has 1 rings (SSSR count). The molecule has 12 heavy (non-hydrogen) atoms. The smallest absolute Gasteiger partial charge is 0.276 e. The van der Waals surface area contributed by atoms with E-state index in [0.29, 0.717) is 9.32 Å². The minimum absolute atomic E-state index is 0.0338. The van der Waals surface area contributed by atoms with Crippen LogP contribution < -0.4 is 10.3 Å². The molecule has 1 aromatic rings. The Labute approximate surface area is 111 Å². The molecule has 0 fully saturated rings. The fourth-order valence-electron chi connectivity index (χ4n) is 0.700. The molecular formula is C6H4I3NO2. The largest absolute Gasteiger partial charge is 0.494 e. The van der Waals surface area contributed by atoms with Crippen LogP contribution in [0.5, 0.6) is 5.75 Å². The van der Waals surface area contributed by atoms with Crippen LogP contribution in [-0.4, -0.2) is 9.89 Å². The normalized spacial score (nSPS) is 10.0. The molecule has 0 aliphatic rings. The molecular weight excluding hydrogens is 499 g/mol. The quantitative estimate of drug-likeness (QED) is 0.552. The van der Waals surface area contributed by atoms with Gasteiger partial charge in [0, 0.05) is 6.20 Å². The lowest BCUT2D eigenvalue weighted by Crippen LogP contribution is -2.16. The first-order valence-corrected chi connectivity index (χ1v) is 6.01. The summed E-state index contributed by atoms with van der Waals surface area (Å²) >= 11 is 6.07. The standard InChI is InChI=1S/C6H4I3NO2/c1-12-5-3(7)2-10(9)6(11)4(5)8/h2H,1H3. The van der Waals surface area contributed by atoms with E-state index in [4.69, 9.17) is 4.74 Å². The van der Waals surface area contributed by atoms with Gasteiger partial charge >= 0.3 is 0 Å². The number of aromatic nitrogens is 1. The van der Waals surface area contributed by atoms with Gasteiger partial charge in [0.1, 0.15) is 3.57 Å². The van der Waals surface area contributed by atoms with E-state index in [1.54, 1.807) is 13.3 Å². The third kappa shape index (κ3) is 2.05. The summed E-state index contributed by atoms with van der Waals surface area (Å²) < 4.78 is 8.16. The van der Waals surface area contributed by atoms with Crippen LogP contribution >= 0.6 is 68.0 Å². The van der Waals surface area contributed by atoms with Crippen molar-refractivity contribution in [3.05, 3.63) is 23.7 Å². The Hall–Kier alpha value is 0.940. The van der Waals surface area contributed by atoms with Gasteiger partial charge in [-0.2, -0.15) is 0 Å². The lowest BCUT2D eigenvalue weighted by molar-refractivity contribution is 0.407. The Morgan fingerprint density at radius 2 is 2.08 bits per heavy atom. The van der Waals surface area contributed by atoms with Crippen molar-refractivity contribution in [2.45, 2.75) is 0 Å². The minimum atomic E-state index is -0.0338. The predicted molar refractivity (Wildman–Crippen MR) is 72.1 cm³/mol. The third-order valence-corrected chi connectivity index (χ3v) is 3.67. The van der Waals surface area contributed by atoms with Crippen molar-refractivity contribution >= 4 is 68.0 Å². The number of hydrogen-bond donors (Lipinski definition) is 0. The van der Waals surface area contributed by atoms with Gasteiger partial charge < -0.3 is 4.74 Å². The summed E-state index contributed by atoms with van der Waals surface area (Å²) in [4.78, 5) is 11.4. The van der Waals surface area contributed by atoms with Crippen LogP contribution in [0, 0.1) is 7.14 Å². The molecule has 0 atom stereocenters. The van der Waals surface area contributed by atoms with E-state index in [-0.39, 0.29) is 5.56 Å². The monoisotopic (exact) mass is 503 g/mol. The topological polar surface area (TPSA) is 31.2 Å². The SMILES string of the molecule is COc1c(I)cn(I)c(=O)c1I. The van der Waals surface area contributed by atoms with E-state index in [1.165, 1.54) is 2.78 Å². The molecule has 0 saturated carbocycles. The maximum atomic E-state index is 11.4. The maximum absolute atomic E-state index is 11.4. The minimum Gasteiger partial charge on any atom is -0.494 e. The molecule has 1 heterocycles. The third-order valence-electron chi connectivity index (χ3n) is 1.23. The van der Waals surface area contributed by atoms with Crippen LogP contribution in [0.2, 0.25) is 0 Å². The van der Waals surface area contributed by atoms with E-state index in [2.05, 4.69) is 22.6 Å². The molecule has 0 N–H and O–H groups in total. The van der Waals surface area contributed by atoms with Crippen molar-refractivity contribution in [1.29, 1.82) is 0 Å². The first-order chi connectivity index (χ1) is 5.57. The molecule has 0 saturated heterocycles. The van der Waals surface area contributed by atoms with Crippen molar-refractivity contribution in [2.24, 2.45) is 0 Å². The summed E-state index contributed by atoms with van der Waals surface area (Å²) in [7, 11) is 1.57. The van der Waals surface area contributed by atoms with E-state index in [9.17, 15) is 4.79 Å². The number of nitrogens with zero attached hydrogens (tertiary/aromatic N) is 1. The predicted octanol–water partition coefficient (Wildman–Crippen LogP) is 2.26. The van der Waals surface area contributed by atoms with Gasteiger partial charge in [0.2, 0.25) is 0 Å². The number of ether oxygens (including phenoxy) is 1. The van der Waals surface area contributed by atoms with Gasteiger partial charge in [-0.3, -0.25) is 7.58 Å². The summed E-state index contributed by atoms with van der Waals surface area (Å²) in [5, 5.41) is 0. The van der Waals surface area contributed by atoms with Gasteiger partial charge in [0.25, 0.3) is 5.56 Å². The van der Waals surface area contributed by atoms with Gasteiger partial charge in [-0.25, -0.2) is 0 Å². The van der Waals surface area contributed by atoms with Crippen molar-refractivity contribution in [3.63, 3.8) is 0 Å². The van der Waals surface area contributed by atoms with Gasteiger partial charge in [-0.1, -0.05) is 0 Å². The van der Waals surface area contributed by atoms with Crippen LogP contribution in [-0.2, 0) is 0 Å². The summed E-state index contributed by atoms with van der Waals surface area (Å²) in [6.45, 7) is 0. The Morgan fingerprint density at radius 1 is 1.50 bits per heavy atom. The van der Waals surface area contributed by atoms with E-state index < -0.39 is 0 Å². The molecule has 66 valence electrons. The number of hydrogen-bond acceptors (Lipinski definition) is 2. The van der Waals surface area contributed by atoms with Crippen molar-refractivity contribution in [1.82, 2.24) is 2.78 Å². The van der Waals surface area contributed by atoms with Crippen LogP contribution in [0.15, 0.2) is 11.0 Å². The zero-order chi connectivity index (χ0) is 9.30. The fourth-order valence-corrected chi connectivity index (χ4v) is 4.27. The molecule has 1 aromatic heterocycles. The highest BCUT2D eigenvalue weighted by Crippen LogP contribution is 2.24. The highest BCUT2D eigenvalue weighted by molar-refractivity contribution is 14.1. The molecule has 0 radical (unpaired) electrons. The van der Waals surface area contributed by atoms with Crippen LogP contribution in [0.3, 0.4) is 0 Å². The van der Waals surface area contributed by atoms with Gasteiger partial charge in [0.15, 0.2) is 5.75 Å². The zero-order valence-corrected chi connectivity index (χ0v) is 12.4. The Bertz CT molecular complexity index is 361. The van der Waals surface area contributed by atoms with Crippen LogP contribution in [0.1, 0.15) is 0 Å². The summed E-state index contributed by atoms with van der Waals surface area (Å²) in [5.74, 6) is 0.661. The number of halogens is 3. The fraction of sp³-hybridized carbons (Fsp3) is 0.167.